The van der Waals surface area contributed by atoms with Crippen LogP contribution in [0.3, 0.4) is 0 Å². The number of hydrogen-bond donors (Lipinski definition) is 1. The maximum absolute atomic E-state index is 12.2. The minimum atomic E-state index is 0.0168. The molecule has 1 fully saturated rings. The number of nitrogens with zero attached hydrogens (tertiary/aromatic N) is 2. The summed E-state index contributed by atoms with van der Waals surface area (Å²) < 4.78 is 0. The van der Waals surface area contributed by atoms with Crippen LogP contribution >= 0.6 is 22.9 Å². The summed E-state index contributed by atoms with van der Waals surface area (Å²) in [4.78, 5) is 19.8. The summed E-state index contributed by atoms with van der Waals surface area (Å²) in [6.45, 7) is 4.73. The summed E-state index contributed by atoms with van der Waals surface area (Å²) >= 11 is 7.70. The maximum Gasteiger partial charge on any atom is 0.240 e. The van der Waals surface area contributed by atoms with Gasteiger partial charge in [-0.2, -0.15) is 0 Å². The number of anilines is 1. The third kappa shape index (κ3) is 4.79. The van der Waals surface area contributed by atoms with Crippen molar-refractivity contribution in [1.29, 1.82) is 0 Å². The molecule has 0 saturated carbocycles. The number of carbonyl (C=O) groups is 1. The summed E-state index contributed by atoms with van der Waals surface area (Å²) in [5, 5.41) is 4.33. The highest BCUT2D eigenvalue weighted by atomic mass is 35.5. The molecule has 4 nitrogen and oxygen atoms in total. The Balaban J connectivity index is 1.52. The fourth-order valence-electron chi connectivity index (χ4n) is 2.86. The van der Waals surface area contributed by atoms with Gasteiger partial charge in [-0.1, -0.05) is 36.7 Å². The van der Waals surface area contributed by atoms with Crippen molar-refractivity contribution in [3.8, 4) is 0 Å². The smallest absolute Gasteiger partial charge is 0.240 e. The first-order valence-electron chi connectivity index (χ1n) is 8.30. The third-order valence-electron chi connectivity index (χ3n) is 4.37. The molecule has 0 radical (unpaired) electrons. The zero-order valence-corrected chi connectivity index (χ0v) is 15.4. The van der Waals surface area contributed by atoms with Crippen LogP contribution in [0, 0.1) is 5.92 Å². The van der Waals surface area contributed by atoms with Gasteiger partial charge in [-0.25, -0.2) is 4.98 Å². The molecule has 1 aliphatic rings. The Hall–Kier alpha value is -1.43. The van der Waals surface area contributed by atoms with Crippen molar-refractivity contribution in [1.82, 2.24) is 9.88 Å². The van der Waals surface area contributed by atoms with Crippen LogP contribution in [-0.2, 0) is 11.2 Å². The summed E-state index contributed by atoms with van der Waals surface area (Å²) in [5.41, 5.74) is 1.07. The highest BCUT2D eigenvalue weighted by Crippen LogP contribution is 2.24. The van der Waals surface area contributed by atoms with Crippen LogP contribution in [0.15, 0.2) is 30.5 Å². The molecule has 1 aromatic heterocycles. The van der Waals surface area contributed by atoms with Crippen LogP contribution in [0.1, 0.15) is 30.2 Å². The van der Waals surface area contributed by atoms with Crippen LogP contribution in [0.25, 0.3) is 0 Å². The van der Waals surface area contributed by atoms with E-state index < -0.39 is 0 Å². The van der Waals surface area contributed by atoms with Crippen molar-refractivity contribution in [2.45, 2.75) is 26.2 Å². The van der Waals surface area contributed by atoms with Gasteiger partial charge < -0.3 is 5.32 Å². The van der Waals surface area contributed by atoms with Gasteiger partial charge in [0.2, 0.25) is 5.91 Å². The topological polar surface area (TPSA) is 45.2 Å². The number of amides is 1. The van der Waals surface area contributed by atoms with Crippen molar-refractivity contribution in [2.24, 2.45) is 5.92 Å². The Morgan fingerprint density at radius 1 is 1.38 bits per heavy atom. The lowest BCUT2D eigenvalue weighted by Crippen LogP contribution is -2.38. The van der Waals surface area contributed by atoms with E-state index in [2.05, 4.69) is 22.1 Å². The van der Waals surface area contributed by atoms with Gasteiger partial charge in [0.05, 0.1) is 6.54 Å². The Bertz CT molecular complexity index is 695. The molecule has 1 amide bonds. The molecule has 128 valence electrons. The average molecular weight is 364 g/mol. The zero-order chi connectivity index (χ0) is 16.9. The molecule has 0 bridgehead atoms. The second kappa shape index (κ2) is 8.10. The zero-order valence-electron chi connectivity index (χ0n) is 13.8. The Labute approximate surface area is 151 Å². The number of rotatable bonds is 5. The average Bonchev–Trinajstić information content (AvgIpc) is 2.99. The van der Waals surface area contributed by atoms with Gasteiger partial charge in [-0.15, -0.1) is 11.3 Å². The lowest BCUT2D eigenvalue weighted by molar-refractivity contribution is -0.117. The molecule has 3 rings (SSSR count). The molecule has 1 aromatic carbocycles. The van der Waals surface area contributed by atoms with E-state index >= 15 is 0 Å². The fourth-order valence-corrected chi connectivity index (χ4v) is 3.91. The van der Waals surface area contributed by atoms with Crippen molar-refractivity contribution < 1.29 is 4.79 Å². The molecule has 0 aliphatic carbocycles. The number of thiazole rings is 1. The minimum Gasteiger partial charge on any atom is -0.301 e. The van der Waals surface area contributed by atoms with Crippen LogP contribution < -0.4 is 5.32 Å². The predicted octanol–water partition coefficient (Wildman–Crippen LogP) is 4.06. The van der Waals surface area contributed by atoms with Crippen molar-refractivity contribution in [3.05, 3.63) is 45.9 Å². The minimum absolute atomic E-state index is 0.0168. The fraction of sp³-hybridized carbons (Fsp3) is 0.444. The molecular weight excluding hydrogens is 342 g/mol. The van der Waals surface area contributed by atoms with Crippen LogP contribution in [0.2, 0.25) is 5.02 Å². The number of aromatic nitrogens is 1. The normalized spacial score (nSPS) is 16.2. The van der Waals surface area contributed by atoms with E-state index in [9.17, 15) is 4.79 Å². The Morgan fingerprint density at radius 2 is 2.12 bits per heavy atom. The first kappa shape index (κ1) is 17.4. The van der Waals surface area contributed by atoms with Crippen LogP contribution in [0.4, 0.5) is 5.13 Å². The van der Waals surface area contributed by atoms with E-state index in [0.717, 1.165) is 40.9 Å². The molecule has 0 atom stereocenters. The monoisotopic (exact) mass is 363 g/mol. The lowest BCUT2D eigenvalue weighted by Gasteiger charge is -2.29. The molecule has 0 spiro atoms. The number of piperidine rings is 1. The first-order valence-corrected chi connectivity index (χ1v) is 9.50. The van der Waals surface area contributed by atoms with Gasteiger partial charge >= 0.3 is 0 Å². The largest absolute Gasteiger partial charge is 0.301 e. The quantitative estimate of drug-likeness (QED) is 0.871. The molecule has 1 aliphatic heterocycles. The number of carbonyl (C=O) groups excluding carboxylic acids is 1. The van der Waals surface area contributed by atoms with E-state index in [1.807, 2.05) is 30.5 Å². The molecular formula is C18H22ClN3OS. The summed E-state index contributed by atoms with van der Waals surface area (Å²) in [6.07, 6.45) is 4.89. The molecule has 6 heteroatoms. The molecule has 1 saturated heterocycles. The maximum atomic E-state index is 12.2. The number of likely N-dealkylation sites (tertiary alicyclic amines) is 1. The van der Waals surface area contributed by atoms with E-state index in [-0.39, 0.29) is 5.91 Å². The number of nitrogens with one attached hydrogen (secondary N) is 1. The summed E-state index contributed by atoms with van der Waals surface area (Å²) in [5.74, 6) is 0.791. The third-order valence-corrected chi connectivity index (χ3v) is 5.65. The highest BCUT2D eigenvalue weighted by Gasteiger charge is 2.18. The van der Waals surface area contributed by atoms with Gasteiger partial charge in [0, 0.05) is 22.5 Å². The van der Waals surface area contributed by atoms with E-state index in [0.29, 0.717) is 11.7 Å². The van der Waals surface area contributed by atoms with Gasteiger partial charge in [0.15, 0.2) is 5.13 Å². The Kier molecular flexibility index (Phi) is 5.87. The number of halogens is 1. The molecule has 1 N–H and O–H groups in total. The highest BCUT2D eigenvalue weighted by molar-refractivity contribution is 7.15. The van der Waals surface area contributed by atoms with E-state index in [1.54, 1.807) is 0 Å². The van der Waals surface area contributed by atoms with E-state index in [4.69, 9.17) is 11.6 Å². The first-order chi connectivity index (χ1) is 11.6. The van der Waals surface area contributed by atoms with Gasteiger partial charge in [0.25, 0.3) is 0 Å². The van der Waals surface area contributed by atoms with Gasteiger partial charge in [-0.05, 0) is 43.5 Å². The van der Waals surface area contributed by atoms with E-state index in [1.165, 1.54) is 24.2 Å². The van der Waals surface area contributed by atoms with Gasteiger partial charge in [0.1, 0.15) is 0 Å². The van der Waals surface area contributed by atoms with Gasteiger partial charge in [-0.3, -0.25) is 9.69 Å². The molecule has 2 heterocycles. The Morgan fingerprint density at radius 3 is 2.88 bits per heavy atom. The molecule has 24 heavy (non-hydrogen) atoms. The SMILES string of the molecule is CC1CCN(CC(=O)Nc2ncc(Cc3ccccc3Cl)s2)CC1. The van der Waals surface area contributed by atoms with Crippen molar-refractivity contribution in [2.75, 3.05) is 25.0 Å². The standard InChI is InChI=1S/C18H22ClN3OS/c1-13-6-8-22(9-7-13)12-17(23)21-18-20-11-15(24-18)10-14-4-2-3-5-16(14)19/h2-5,11,13H,6-10,12H2,1H3,(H,20,21,23). The summed E-state index contributed by atoms with van der Waals surface area (Å²) in [7, 11) is 0. The molecule has 2 aromatic rings. The lowest BCUT2D eigenvalue weighted by atomic mass is 9.99. The molecule has 0 unspecified atom stereocenters. The predicted molar refractivity (Wildman–Crippen MR) is 99.8 cm³/mol. The van der Waals surface area contributed by atoms with Crippen LogP contribution in [-0.4, -0.2) is 35.4 Å². The van der Waals surface area contributed by atoms with Crippen molar-refractivity contribution >= 4 is 34.0 Å². The van der Waals surface area contributed by atoms with Crippen molar-refractivity contribution in [3.63, 3.8) is 0 Å². The summed E-state index contributed by atoms with van der Waals surface area (Å²) in [6, 6.07) is 7.80. The number of benzene rings is 1. The second-order valence-corrected chi connectivity index (χ2v) is 7.93. The van der Waals surface area contributed by atoms with Crippen LogP contribution in [0.5, 0.6) is 0 Å². The number of hydrogen-bond acceptors (Lipinski definition) is 4. The second-order valence-electron chi connectivity index (χ2n) is 6.41.